The third-order valence-electron chi connectivity index (χ3n) is 5.36. The SMILES string of the molecule is NC(=O)CS(=O)(=O)Nc1cncc(-c2nc(NCc3ccccn3)c3c(-c4ccccc4)ccn3n2)c1. The molecule has 37 heavy (non-hydrogen) atoms. The summed E-state index contributed by atoms with van der Waals surface area (Å²) in [5, 5.41) is 8.02. The van der Waals surface area contributed by atoms with Gasteiger partial charge in [-0.3, -0.25) is 19.5 Å². The van der Waals surface area contributed by atoms with E-state index in [1.165, 1.54) is 18.5 Å². The van der Waals surface area contributed by atoms with Crippen LogP contribution in [0.1, 0.15) is 5.69 Å². The summed E-state index contributed by atoms with van der Waals surface area (Å²) >= 11 is 0. The molecule has 1 amide bonds. The van der Waals surface area contributed by atoms with E-state index in [2.05, 4.69) is 25.1 Å². The number of rotatable bonds is 9. The molecule has 0 radical (unpaired) electrons. The highest BCUT2D eigenvalue weighted by atomic mass is 32.2. The molecule has 5 aromatic rings. The molecule has 4 aromatic heterocycles. The van der Waals surface area contributed by atoms with E-state index < -0.39 is 21.7 Å². The van der Waals surface area contributed by atoms with Crippen LogP contribution in [0.2, 0.25) is 0 Å². The van der Waals surface area contributed by atoms with Crippen LogP contribution < -0.4 is 15.8 Å². The number of anilines is 2. The van der Waals surface area contributed by atoms with Gasteiger partial charge in [-0.15, -0.1) is 5.10 Å². The highest BCUT2D eigenvalue weighted by Gasteiger charge is 2.18. The van der Waals surface area contributed by atoms with Crippen LogP contribution in [0.4, 0.5) is 11.5 Å². The lowest BCUT2D eigenvalue weighted by Gasteiger charge is -2.12. The molecule has 5 rings (SSSR count). The zero-order chi connectivity index (χ0) is 25.8. The minimum absolute atomic E-state index is 0.155. The number of nitrogens with one attached hydrogen (secondary N) is 2. The van der Waals surface area contributed by atoms with E-state index in [4.69, 9.17) is 10.7 Å². The molecule has 11 nitrogen and oxygen atoms in total. The Bertz CT molecular complexity index is 1670. The summed E-state index contributed by atoms with van der Waals surface area (Å²) in [6.07, 6.45) is 6.41. The number of sulfonamides is 1. The van der Waals surface area contributed by atoms with Crippen molar-refractivity contribution in [2.75, 3.05) is 15.8 Å². The number of nitrogens with zero attached hydrogens (tertiary/aromatic N) is 5. The summed E-state index contributed by atoms with van der Waals surface area (Å²) in [5.74, 6) is -0.919. The quantitative estimate of drug-likeness (QED) is 0.271. The van der Waals surface area contributed by atoms with Crippen molar-refractivity contribution in [2.24, 2.45) is 5.73 Å². The second-order valence-electron chi connectivity index (χ2n) is 8.14. The minimum atomic E-state index is -3.97. The van der Waals surface area contributed by atoms with Crippen LogP contribution in [0.5, 0.6) is 0 Å². The van der Waals surface area contributed by atoms with Gasteiger partial charge in [0.05, 0.1) is 24.1 Å². The number of amides is 1. The van der Waals surface area contributed by atoms with Crippen LogP contribution in [0.15, 0.2) is 85.5 Å². The zero-order valence-corrected chi connectivity index (χ0v) is 20.3. The van der Waals surface area contributed by atoms with E-state index in [1.807, 2.05) is 60.8 Å². The van der Waals surface area contributed by atoms with Crippen molar-refractivity contribution >= 4 is 33.0 Å². The first-order chi connectivity index (χ1) is 17.9. The van der Waals surface area contributed by atoms with Gasteiger partial charge in [-0.25, -0.2) is 17.9 Å². The van der Waals surface area contributed by atoms with Crippen LogP contribution in [0, 0.1) is 0 Å². The molecule has 0 fully saturated rings. The van der Waals surface area contributed by atoms with Gasteiger partial charge in [0.2, 0.25) is 15.9 Å². The first kappa shape index (κ1) is 23.9. The Hall–Kier alpha value is -4.84. The van der Waals surface area contributed by atoms with E-state index in [1.54, 1.807) is 10.7 Å². The van der Waals surface area contributed by atoms with Crippen molar-refractivity contribution in [1.29, 1.82) is 0 Å². The second-order valence-corrected chi connectivity index (χ2v) is 9.86. The van der Waals surface area contributed by atoms with Gasteiger partial charge in [0.1, 0.15) is 11.3 Å². The Kier molecular flexibility index (Phi) is 6.47. The Morgan fingerprint density at radius 1 is 1.00 bits per heavy atom. The normalized spacial score (nSPS) is 11.4. The first-order valence-electron chi connectivity index (χ1n) is 11.2. The molecular formula is C25H22N8O3S. The van der Waals surface area contributed by atoms with Crippen molar-refractivity contribution in [3.63, 3.8) is 0 Å². The minimum Gasteiger partial charge on any atom is -0.369 e. The number of primary amides is 1. The van der Waals surface area contributed by atoms with Crippen molar-refractivity contribution < 1.29 is 13.2 Å². The predicted octanol–water partition coefficient (Wildman–Crippen LogP) is 2.69. The number of aromatic nitrogens is 5. The molecule has 0 atom stereocenters. The number of hydrogen-bond acceptors (Lipinski definition) is 8. The lowest BCUT2D eigenvalue weighted by molar-refractivity contribution is -0.115. The maximum absolute atomic E-state index is 12.2. The van der Waals surface area contributed by atoms with Gasteiger partial charge >= 0.3 is 0 Å². The number of nitrogens with two attached hydrogens (primary N) is 1. The topological polar surface area (TPSA) is 157 Å². The lowest BCUT2D eigenvalue weighted by Crippen LogP contribution is -2.27. The summed E-state index contributed by atoms with van der Waals surface area (Å²) in [6, 6.07) is 19.1. The Morgan fingerprint density at radius 2 is 1.81 bits per heavy atom. The summed E-state index contributed by atoms with van der Waals surface area (Å²) < 4.78 is 28.3. The number of fused-ring (bicyclic) bond motifs is 1. The Labute approximate surface area is 212 Å². The standard InChI is InChI=1S/C25H22N8O3S/c26-22(34)16-37(35,36)32-20-12-18(13-27-14-20)24-30-25(29-15-19-8-4-5-10-28-19)23-21(9-11-33(23)31-24)17-6-2-1-3-7-17/h1-14,32H,15-16H2,(H2,26,34)(H,29,30,31). The smallest absolute Gasteiger partial charge is 0.241 e. The highest BCUT2D eigenvalue weighted by molar-refractivity contribution is 7.93. The van der Waals surface area contributed by atoms with Crippen LogP contribution in [0.3, 0.4) is 0 Å². The average Bonchev–Trinajstić information content (AvgIpc) is 3.32. The number of hydrogen-bond donors (Lipinski definition) is 3. The fourth-order valence-electron chi connectivity index (χ4n) is 3.82. The largest absolute Gasteiger partial charge is 0.369 e. The molecule has 0 aliphatic heterocycles. The van der Waals surface area contributed by atoms with Gasteiger partial charge in [0.15, 0.2) is 11.6 Å². The molecule has 12 heteroatoms. The molecule has 0 aliphatic carbocycles. The van der Waals surface area contributed by atoms with Crippen LogP contribution >= 0.6 is 0 Å². The summed E-state index contributed by atoms with van der Waals surface area (Å²) in [7, 11) is -3.97. The Morgan fingerprint density at radius 3 is 2.57 bits per heavy atom. The second kappa shape index (κ2) is 10.0. The van der Waals surface area contributed by atoms with Crippen molar-refractivity contribution in [3.8, 4) is 22.5 Å². The maximum atomic E-state index is 12.2. The molecule has 0 saturated carbocycles. The number of benzene rings is 1. The summed E-state index contributed by atoms with van der Waals surface area (Å²) in [5.41, 5.74) is 9.22. The predicted molar refractivity (Wildman–Crippen MR) is 140 cm³/mol. The van der Waals surface area contributed by atoms with Crippen LogP contribution in [-0.2, 0) is 21.4 Å². The number of pyridine rings is 2. The third-order valence-corrected chi connectivity index (χ3v) is 6.57. The molecule has 186 valence electrons. The molecular weight excluding hydrogens is 492 g/mol. The van der Waals surface area contributed by atoms with E-state index in [0.29, 0.717) is 23.8 Å². The molecule has 4 N–H and O–H groups in total. The van der Waals surface area contributed by atoms with Gasteiger partial charge in [0.25, 0.3) is 0 Å². The van der Waals surface area contributed by atoms with Crippen molar-refractivity contribution in [3.05, 3.63) is 91.1 Å². The molecule has 4 heterocycles. The average molecular weight is 515 g/mol. The van der Waals surface area contributed by atoms with Gasteiger partial charge < -0.3 is 11.1 Å². The molecule has 0 unspecified atom stereocenters. The van der Waals surface area contributed by atoms with Gasteiger partial charge in [-0.1, -0.05) is 36.4 Å². The van der Waals surface area contributed by atoms with E-state index in [9.17, 15) is 13.2 Å². The van der Waals surface area contributed by atoms with Crippen molar-refractivity contribution in [1.82, 2.24) is 24.6 Å². The lowest BCUT2D eigenvalue weighted by atomic mass is 10.1. The van der Waals surface area contributed by atoms with E-state index in [-0.39, 0.29) is 5.69 Å². The molecule has 1 aromatic carbocycles. The summed E-state index contributed by atoms with van der Waals surface area (Å²) in [6.45, 7) is 0.428. The third kappa shape index (κ3) is 5.54. The molecule has 0 spiro atoms. The number of carbonyl (C=O) groups is 1. The zero-order valence-electron chi connectivity index (χ0n) is 19.4. The molecule has 0 bridgehead atoms. The maximum Gasteiger partial charge on any atom is 0.241 e. The molecule has 0 aliphatic rings. The molecule has 0 saturated heterocycles. The monoisotopic (exact) mass is 514 g/mol. The van der Waals surface area contributed by atoms with Crippen LogP contribution in [0.25, 0.3) is 28.0 Å². The fraction of sp³-hybridized carbons (Fsp3) is 0.0800. The first-order valence-corrected chi connectivity index (χ1v) is 12.9. The fourth-order valence-corrected chi connectivity index (χ4v) is 4.74. The number of carbonyl (C=O) groups excluding carboxylic acids is 1. The summed E-state index contributed by atoms with van der Waals surface area (Å²) in [4.78, 5) is 24.3. The van der Waals surface area contributed by atoms with Crippen molar-refractivity contribution in [2.45, 2.75) is 6.54 Å². The Balaban J connectivity index is 1.56. The van der Waals surface area contributed by atoms with Crippen LogP contribution in [-0.4, -0.2) is 44.6 Å². The van der Waals surface area contributed by atoms with E-state index >= 15 is 0 Å². The van der Waals surface area contributed by atoms with Gasteiger partial charge in [-0.05, 0) is 29.8 Å². The van der Waals surface area contributed by atoms with Gasteiger partial charge in [0, 0.05) is 29.7 Å². The van der Waals surface area contributed by atoms with Gasteiger partial charge in [-0.2, -0.15) is 0 Å². The highest BCUT2D eigenvalue weighted by Crippen LogP contribution is 2.31. The van der Waals surface area contributed by atoms with E-state index in [0.717, 1.165) is 22.3 Å².